The normalized spacial score (nSPS) is 28.1. The van der Waals surface area contributed by atoms with E-state index in [1.165, 1.54) is 19.3 Å². The number of likely N-dealkylation sites (tertiary alicyclic amines) is 1. The molecule has 0 aromatic carbocycles. The predicted molar refractivity (Wildman–Crippen MR) is 58.9 cm³/mol. The molecule has 3 nitrogen and oxygen atoms in total. The smallest absolute Gasteiger partial charge is 0.291 e. The van der Waals surface area contributed by atoms with Gasteiger partial charge in [0.05, 0.1) is 20.1 Å². The van der Waals surface area contributed by atoms with Crippen LogP contribution in [0.25, 0.3) is 0 Å². The van der Waals surface area contributed by atoms with Crippen molar-refractivity contribution in [2.24, 2.45) is 0 Å². The number of nitrogens with one attached hydrogen (secondary N) is 1. The van der Waals surface area contributed by atoms with Crippen LogP contribution >= 0.6 is 12.8 Å². The zero-order valence-corrected chi connectivity index (χ0v) is 9.65. The molecule has 4 heteroatoms. The third-order valence-electron chi connectivity index (χ3n) is 4.08. The molecule has 1 heterocycles. The SMILES string of the molecule is C[N+]1(C2(C(=O)NS)CC2)CCCCC1. The van der Waals surface area contributed by atoms with E-state index >= 15 is 0 Å². The van der Waals surface area contributed by atoms with Crippen LogP contribution in [0.2, 0.25) is 0 Å². The molecular formula is C10H19N2OS+. The van der Waals surface area contributed by atoms with Crippen molar-refractivity contribution in [2.45, 2.75) is 37.6 Å². The molecule has 14 heavy (non-hydrogen) atoms. The van der Waals surface area contributed by atoms with Gasteiger partial charge in [-0.25, -0.2) is 0 Å². The summed E-state index contributed by atoms with van der Waals surface area (Å²) in [6.45, 7) is 2.31. The standard InChI is InChI=1S/C10H18N2OS/c1-12(7-3-2-4-8-12)10(5-6-10)9(13)11-14/h2-8H2,1H3,(H-,11,13,14)/p+1. The van der Waals surface area contributed by atoms with Crippen molar-refractivity contribution in [1.82, 2.24) is 4.72 Å². The second-order valence-electron chi connectivity index (χ2n) is 4.88. The van der Waals surface area contributed by atoms with Gasteiger partial charge in [-0.15, -0.1) is 0 Å². The van der Waals surface area contributed by atoms with E-state index in [1.54, 1.807) is 0 Å². The summed E-state index contributed by atoms with van der Waals surface area (Å²) in [6.07, 6.45) is 5.93. The molecule has 0 aromatic rings. The van der Waals surface area contributed by atoms with Crippen LogP contribution in [0.15, 0.2) is 0 Å². The number of carbonyl (C=O) groups is 1. The fraction of sp³-hybridized carbons (Fsp3) is 0.900. The van der Waals surface area contributed by atoms with Crippen LogP contribution in [0, 0.1) is 0 Å². The number of hydrogen-bond acceptors (Lipinski definition) is 2. The molecule has 0 aromatic heterocycles. The molecule has 1 aliphatic carbocycles. The van der Waals surface area contributed by atoms with Gasteiger partial charge in [-0.3, -0.25) is 9.52 Å². The van der Waals surface area contributed by atoms with Gasteiger partial charge in [0.25, 0.3) is 5.91 Å². The number of thiol groups is 1. The van der Waals surface area contributed by atoms with E-state index in [9.17, 15) is 4.79 Å². The summed E-state index contributed by atoms with van der Waals surface area (Å²) in [7, 11) is 2.23. The first-order valence-corrected chi connectivity index (χ1v) is 5.89. The number of hydrogen-bond donors (Lipinski definition) is 2. The van der Waals surface area contributed by atoms with E-state index < -0.39 is 0 Å². The van der Waals surface area contributed by atoms with E-state index in [-0.39, 0.29) is 11.4 Å². The van der Waals surface area contributed by atoms with Crippen LogP contribution in [0.3, 0.4) is 0 Å². The summed E-state index contributed by atoms with van der Waals surface area (Å²) < 4.78 is 3.47. The molecule has 0 unspecified atom stereocenters. The molecule has 0 atom stereocenters. The summed E-state index contributed by atoms with van der Waals surface area (Å²) in [5.74, 6) is 0.130. The molecule has 0 bridgehead atoms. The van der Waals surface area contributed by atoms with Gasteiger partial charge in [-0.2, -0.15) is 0 Å². The van der Waals surface area contributed by atoms with Gasteiger partial charge in [0.1, 0.15) is 0 Å². The number of piperidine rings is 1. The molecule has 2 rings (SSSR count). The first kappa shape index (κ1) is 10.3. The maximum Gasteiger partial charge on any atom is 0.291 e. The van der Waals surface area contributed by atoms with E-state index in [0.29, 0.717) is 0 Å². The lowest BCUT2D eigenvalue weighted by atomic mass is 10.0. The van der Waals surface area contributed by atoms with Crippen LogP contribution in [-0.2, 0) is 4.79 Å². The Kier molecular flexibility index (Phi) is 2.52. The van der Waals surface area contributed by atoms with E-state index in [1.807, 2.05) is 0 Å². The maximum atomic E-state index is 11.8. The number of rotatable bonds is 2. The number of amides is 1. The number of carbonyl (C=O) groups excluding carboxylic acids is 1. The van der Waals surface area contributed by atoms with Crippen LogP contribution in [-0.4, -0.2) is 36.1 Å². The van der Waals surface area contributed by atoms with E-state index in [4.69, 9.17) is 0 Å². The lowest BCUT2D eigenvalue weighted by Crippen LogP contribution is -2.61. The van der Waals surface area contributed by atoms with Crippen LogP contribution in [0.4, 0.5) is 0 Å². The Morgan fingerprint density at radius 1 is 1.29 bits per heavy atom. The molecule has 1 saturated carbocycles. The first-order chi connectivity index (χ1) is 6.65. The molecule has 1 saturated heterocycles. The van der Waals surface area contributed by atoms with Crippen molar-refractivity contribution in [3.8, 4) is 0 Å². The Labute approximate surface area is 91.0 Å². The van der Waals surface area contributed by atoms with Gasteiger partial charge >= 0.3 is 0 Å². The zero-order valence-electron chi connectivity index (χ0n) is 8.75. The fourth-order valence-corrected chi connectivity index (χ4v) is 3.08. The Hall–Kier alpha value is -0.220. The quantitative estimate of drug-likeness (QED) is 0.524. The maximum absolute atomic E-state index is 11.8. The van der Waals surface area contributed by atoms with Crippen LogP contribution < -0.4 is 4.72 Å². The Morgan fingerprint density at radius 2 is 1.86 bits per heavy atom. The third-order valence-corrected chi connectivity index (χ3v) is 4.29. The molecule has 0 radical (unpaired) electrons. The number of quaternary nitrogens is 1. The summed E-state index contributed by atoms with van der Waals surface area (Å²) >= 11 is 3.90. The Balaban J connectivity index is 2.15. The summed E-state index contributed by atoms with van der Waals surface area (Å²) in [5.41, 5.74) is -0.123. The Morgan fingerprint density at radius 3 is 2.29 bits per heavy atom. The topological polar surface area (TPSA) is 29.1 Å². The van der Waals surface area contributed by atoms with Crippen molar-refractivity contribution in [3.63, 3.8) is 0 Å². The number of likely N-dealkylation sites (N-methyl/N-ethyl adjacent to an activating group) is 1. The highest BCUT2D eigenvalue weighted by atomic mass is 32.1. The van der Waals surface area contributed by atoms with Crippen molar-refractivity contribution < 1.29 is 9.28 Å². The second-order valence-corrected chi connectivity index (χ2v) is 5.10. The monoisotopic (exact) mass is 215 g/mol. The van der Waals surface area contributed by atoms with Gasteiger partial charge in [-0.05, 0) is 19.3 Å². The number of nitrogens with zero attached hydrogens (tertiary/aromatic N) is 1. The molecule has 0 spiro atoms. The largest absolute Gasteiger partial charge is 0.313 e. The Bertz CT molecular complexity index is 245. The minimum absolute atomic E-state index is 0.123. The fourth-order valence-electron chi connectivity index (χ4n) is 2.87. The van der Waals surface area contributed by atoms with Gasteiger partial charge in [-0.1, -0.05) is 12.8 Å². The molecule has 2 aliphatic rings. The van der Waals surface area contributed by atoms with Crippen molar-refractivity contribution in [3.05, 3.63) is 0 Å². The van der Waals surface area contributed by atoms with Crippen LogP contribution in [0.1, 0.15) is 32.1 Å². The van der Waals surface area contributed by atoms with E-state index in [2.05, 4.69) is 24.6 Å². The minimum atomic E-state index is -0.123. The zero-order chi connectivity index (χ0) is 10.2. The average molecular weight is 215 g/mol. The average Bonchev–Trinajstić information content (AvgIpc) is 2.99. The molecule has 80 valence electrons. The van der Waals surface area contributed by atoms with Gasteiger partial charge in [0.2, 0.25) is 0 Å². The summed E-state index contributed by atoms with van der Waals surface area (Å²) in [5, 5.41) is 0. The van der Waals surface area contributed by atoms with Crippen molar-refractivity contribution in [1.29, 1.82) is 0 Å². The lowest BCUT2D eigenvalue weighted by Gasteiger charge is -2.43. The van der Waals surface area contributed by atoms with Crippen molar-refractivity contribution in [2.75, 3.05) is 20.1 Å². The lowest BCUT2D eigenvalue weighted by molar-refractivity contribution is -0.939. The third kappa shape index (κ3) is 1.36. The highest BCUT2D eigenvalue weighted by Gasteiger charge is 2.63. The summed E-state index contributed by atoms with van der Waals surface area (Å²) in [6, 6.07) is 0. The van der Waals surface area contributed by atoms with Crippen LogP contribution in [0.5, 0.6) is 0 Å². The molecule has 2 fully saturated rings. The van der Waals surface area contributed by atoms with E-state index in [0.717, 1.165) is 30.4 Å². The molecular weight excluding hydrogens is 196 g/mol. The highest BCUT2D eigenvalue weighted by Crippen LogP contribution is 2.47. The van der Waals surface area contributed by atoms with Gasteiger partial charge in [0.15, 0.2) is 5.54 Å². The minimum Gasteiger partial charge on any atom is -0.313 e. The van der Waals surface area contributed by atoms with Gasteiger partial charge < -0.3 is 4.48 Å². The first-order valence-electron chi connectivity index (χ1n) is 5.44. The summed E-state index contributed by atoms with van der Waals surface area (Å²) in [4.78, 5) is 11.8. The van der Waals surface area contributed by atoms with Gasteiger partial charge in [0, 0.05) is 12.8 Å². The van der Waals surface area contributed by atoms with Crippen molar-refractivity contribution >= 4 is 18.7 Å². The molecule has 1 N–H and O–H groups in total. The molecule has 1 amide bonds. The molecule has 1 aliphatic heterocycles. The predicted octanol–water partition coefficient (Wildman–Crippen LogP) is 1.11. The highest BCUT2D eigenvalue weighted by molar-refractivity contribution is 7.78. The second kappa shape index (κ2) is 3.42.